The van der Waals surface area contributed by atoms with Gasteiger partial charge in [0.25, 0.3) is 0 Å². The second kappa shape index (κ2) is 8.27. The molecule has 0 aromatic heterocycles. The van der Waals surface area contributed by atoms with E-state index >= 15 is 0 Å². The largest absolute Gasteiger partial charge is 0.478 e. The fourth-order valence-electron chi connectivity index (χ4n) is 2.04. The smallest absolute Gasteiger partial charge is 0.335 e. The van der Waals surface area contributed by atoms with Crippen molar-refractivity contribution in [1.29, 1.82) is 0 Å². The van der Waals surface area contributed by atoms with E-state index in [0.717, 1.165) is 0 Å². The highest BCUT2D eigenvalue weighted by molar-refractivity contribution is 6.07. The molecule has 0 fully saturated rings. The Kier molecular flexibility index (Phi) is 6.69. The van der Waals surface area contributed by atoms with Gasteiger partial charge in [0.05, 0.1) is 11.7 Å². The van der Waals surface area contributed by atoms with E-state index in [0.29, 0.717) is 5.56 Å². The summed E-state index contributed by atoms with van der Waals surface area (Å²) >= 11 is 0. The highest BCUT2D eigenvalue weighted by Gasteiger charge is 2.30. The van der Waals surface area contributed by atoms with Gasteiger partial charge in [-0.05, 0) is 43.5 Å². The van der Waals surface area contributed by atoms with Crippen molar-refractivity contribution in [3.8, 4) is 0 Å². The number of hydrogen-bond donors (Lipinski definition) is 1. The number of ether oxygens (including phenoxy) is 1. The normalized spacial score (nSPS) is 12.6. The minimum Gasteiger partial charge on any atom is -0.478 e. The molecule has 124 valence electrons. The molecule has 1 N–H and O–H groups in total. The molecule has 0 amide bonds. The van der Waals surface area contributed by atoms with Gasteiger partial charge in [0.1, 0.15) is 5.92 Å². The lowest BCUT2D eigenvalue weighted by molar-refractivity contribution is -0.156. The van der Waals surface area contributed by atoms with Crippen LogP contribution in [0.15, 0.2) is 30.3 Å². The molecule has 1 aromatic carbocycles. The van der Waals surface area contributed by atoms with Crippen LogP contribution in [0.1, 0.15) is 43.6 Å². The van der Waals surface area contributed by atoms with Crippen LogP contribution in [0.4, 0.5) is 0 Å². The number of ketones is 1. The van der Waals surface area contributed by atoms with Crippen molar-refractivity contribution in [3.05, 3.63) is 41.5 Å². The van der Waals surface area contributed by atoms with Crippen LogP contribution in [0.2, 0.25) is 0 Å². The van der Waals surface area contributed by atoms with E-state index < -0.39 is 17.9 Å². The number of esters is 1. The molecule has 0 saturated heterocycles. The number of carbonyl (C=O) groups excluding carboxylic acids is 2. The maximum absolute atomic E-state index is 12.3. The lowest BCUT2D eigenvalue weighted by Gasteiger charge is -2.18. The van der Waals surface area contributed by atoms with Crippen LogP contribution in [0.3, 0.4) is 0 Å². The number of carboxylic acid groups (broad SMARTS) is 1. The van der Waals surface area contributed by atoms with Crippen molar-refractivity contribution in [2.24, 2.45) is 11.8 Å². The highest BCUT2D eigenvalue weighted by atomic mass is 16.5. The Labute approximate surface area is 136 Å². The van der Waals surface area contributed by atoms with Crippen LogP contribution >= 0.6 is 0 Å². The Morgan fingerprint density at radius 3 is 2.04 bits per heavy atom. The van der Waals surface area contributed by atoms with Gasteiger partial charge >= 0.3 is 11.9 Å². The third-order valence-corrected chi connectivity index (χ3v) is 3.18. The second-order valence-electron chi connectivity index (χ2n) is 5.87. The molecular weight excluding hydrogens is 296 g/mol. The summed E-state index contributed by atoms with van der Waals surface area (Å²) in [5, 5.41) is 8.84. The molecule has 5 heteroatoms. The fraction of sp³-hybridized carbons (Fsp3) is 0.389. The first-order valence-corrected chi connectivity index (χ1v) is 7.48. The van der Waals surface area contributed by atoms with Crippen molar-refractivity contribution >= 4 is 23.8 Å². The van der Waals surface area contributed by atoms with Gasteiger partial charge < -0.3 is 9.84 Å². The Balaban J connectivity index is 2.85. The average Bonchev–Trinajstić information content (AvgIpc) is 2.44. The van der Waals surface area contributed by atoms with Crippen LogP contribution in [0.25, 0.3) is 6.08 Å². The van der Waals surface area contributed by atoms with E-state index in [9.17, 15) is 14.4 Å². The third-order valence-electron chi connectivity index (χ3n) is 3.18. The van der Waals surface area contributed by atoms with E-state index in [1.807, 2.05) is 0 Å². The summed E-state index contributed by atoms with van der Waals surface area (Å²) in [5.41, 5.74) is 0.858. The molecule has 1 rings (SSSR count). The van der Waals surface area contributed by atoms with Gasteiger partial charge in [0.15, 0.2) is 5.78 Å². The molecule has 0 saturated carbocycles. The molecule has 1 aromatic rings. The summed E-state index contributed by atoms with van der Waals surface area (Å²) in [4.78, 5) is 35.1. The van der Waals surface area contributed by atoms with Gasteiger partial charge in [-0.3, -0.25) is 9.59 Å². The number of allylic oxidation sites excluding steroid dienone is 1. The second-order valence-corrected chi connectivity index (χ2v) is 5.87. The predicted molar refractivity (Wildman–Crippen MR) is 87.0 cm³/mol. The molecule has 1 unspecified atom stereocenters. The molecule has 0 heterocycles. The number of carboxylic acids is 1. The monoisotopic (exact) mass is 318 g/mol. The van der Waals surface area contributed by atoms with Crippen LogP contribution in [-0.2, 0) is 14.3 Å². The third kappa shape index (κ3) is 5.70. The van der Waals surface area contributed by atoms with E-state index in [-0.39, 0.29) is 23.4 Å². The first-order chi connectivity index (χ1) is 10.7. The molecule has 0 aliphatic heterocycles. The minimum absolute atomic E-state index is 0.173. The molecule has 23 heavy (non-hydrogen) atoms. The van der Waals surface area contributed by atoms with Crippen LogP contribution < -0.4 is 0 Å². The molecule has 0 aliphatic rings. The van der Waals surface area contributed by atoms with Gasteiger partial charge in [-0.15, -0.1) is 0 Å². The topological polar surface area (TPSA) is 80.7 Å². The standard InChI is InChI=1S/C18H22O5/c1-11(2)16(18(22)23-12(3)4)15(19)10-7-13-5-8-14(9-6-13)17(20)21/h5-12,16H,1-4H3,(H,20,21). The zero-order chi connectivity index (χ0) is 17.6. The first kappa shape index (κ1) is 18.6. The van der Waals surface area contributed by atoms with Gasteiger partial charge in [-0.2, -0.15) is 0 Å². The zero-order valence-electron chi connectivity index (χ0n) is 13.8. The van der Waals surface area contributed by atoms with E-state index in [2.05, 4.69) is 0 Å². The summed E-state index contributed by atoms with van der Waals surface area (Å²) in [5.74, 6) is -2.87. The Morgan fingerprint density at radius 1 is 1.04 bits per heavy atom. The van der Waals surface area contributed by atoms with Crippen molar-refractivity contribution in [3.63, 3.8) is 0 Å². The Bertz CT molecular complexity index is 596. The molecule has 0 aliphatic carbocycles. The molecule has 0 bridgehead atoms. The Hall–Kier alpha value is -2.43. The first-order valence-electron chi connectivity index (χ1n) is 7.48. The van der Waals surface area contributed by atoms with E-state index in [4.69, 9.17) is 9.84 Å². The van der Waals surface area contributed by atoms with E-state index in [1.54, 1.807) is 45.9 Å². The van der Waals surface area contributed by atoms with Crippen LogP contribution in [-0.4, -0.2) is 28.9 Å². The maximum atomic E-state index is 12.3. The Morgan fingerprint density at radius 2 is 1.61 bits per heavy atom. The molecule has 0 spiro atoms. The lowest BCUT2D eigenvalue weighted by atomic mass is 9.91. The highest BCUT2D eigenvalue weighted by Crippen LogP contribution is 2.17. The van der Waals surface area contributed by atoms with Gasteiger partial charge in [0, 0.05) is 0 Å². The zero-order valence-corrected chi connectivity index (χ0v) is 13.8. The number of benzene rings is 1. The van der Waals surface area contributed by atoms with E-state index in [1.165, 1.54) is 18.2 Å². The van der Waals surface area contributed by atoms with Gasteiger partial charge in [0.2, 0.25) is 0 Å². The van der Waals surface area contributed by atoms with Crippen molar-refractivity contribution in [2.45, 2.75) is 33.8 Å². The fourth-order valence-corrected chi connectivity index (χ4v) is 2.04. The quantitative estimate of drug-likeness (QED) is 0.474. The number of hydrogen-bond acceptors (Lipinski definition) is 4. The molecule has 5 nitrogen and oxygen atoms in total. The SMILES string of the molecule is CC(C)OC(=O)C(C(=O)C=Cc1ccc(C(=O)O)cc1)C(C)C. The molecule has 0 radical (unpaired) electrons. The van der Waals surface area contributed by atoms with Crippen molar-refractivity contribution in [2.75, 3.05) is 0 Å². The number of carbonyl (C=O) groups is 3. The van der Waals surface area contributed by atoms with Crippen LogP contribution in [0, 0.1) is 11.8 Å². The summed E-state index contributed by atoms with van der Waals surface area (Å²) in [6.45, 7) is 7.05. The average molecular weight is 318 g/mol. The minimum atomic E-state index is -1.01. The molecular formula is C18H22O5. The molecule has 1 atom stereocenters. The van der Waals surface area contributed by atoms with Crippen LogP contribution in [0.5, 0.6) is 0 Å². The summed E-state index contributed by atoms with van der Waals surface area (Å²) in [6.07, 6.45) is 2.62. The number of aromatic carboxylic acids is 1. The summed E-state index contributed by atoms with van der Waals surface area (Å²) in [7, 11) is 0. The predicted octanol–water partition coefficient (Wildman–Crippen LogP) is 3.19. The number of rotatable bonds is 7. The summed E-state index contributed by atoms with van der Waals surface area (Å²) < 4.78 is 5.13. The van der Waals surface area contributed by atoms with Gasteiger partial charge in [-0.1, -0.05) is 32.1 Å². The lowest BCUT2D eigenvalue weighted by Crippen LogP contribution is -2.31. The maximum Gasteiger partial charge on any atom is 0.335 e. The van der Waals surface area contributed by atoms with Gasteiger partial charge in [-0.25, -0.2) is 4.79 Å². The van der Waals surface area contributed by atoms with Crippen molar-refractivity contribution < 1.29 is 24.2 Å². The summed E-state index contributed by atoms with van der Waals surface area (Å²) in [6, 6.07) is 6.12. The van der Waals surface area contributed by atoms with Crippen molar-refractivity contribution in [1.82, 2.24) is 0 Å².